The number of anilines is 1. The molecule has 0 bridgehead atoms. The second kappa shape index (κ2) is 7.90. The minimum absolute atomic E-state index is 0.0363. The van der Waals surface area contributed by atoms with Gasteiger partial charge >= 0.3 is 0 Å². The lowest BCUT2D eigenvalue weighted by molar-refractivity contribution is 0.0303. The maximum absolute atomic E-state index is 13.3. The summed E-state index contributed by atoms with van der Waals surface area (Å²) in [4.78, 5) is 29.6. The number of morpholine rings is 1. The number of nitrogens with zero attached hydrogens (tertiary/aromatic N) is 1. The van der Waals surface area contributed by atoms with Gasteiger partial charge < -0.3 is 15.0 Å². The summed E-state index contributed by atoms with van der Waals surface area (Å²) in [7, 11) is 0. The van der Waals surface area contributed by atoms with E-state index >= 15 is 0 Å². The largest absolute Gasteiger partial charge is 0.378 e. The first-order valence-electron chi connectivity index (χ1n) is 9.10. The Morgan fingerprint density at radius 3 is 2.69 bits per heavy atom. The van der Waals surface area contributed by atoms with Crippen LogP contribution in [0.1, 0.15) is 49.7 Å². The van der Waals surface area contributed by atoms with Gasteiger partial charge in [-0.2, -0.15) is 0 Å². The molecule has 0 saturated carbocycles. The molecule has 3 heterocycles. The number of aryl methyl sites for hydroxylation is 1. The van der Waals surface area contributed by atoms with Crippen molar-refractivity contribution in [3.05, 3.63) is 38.4 Å². The molecule has 5 nitrogen and oxygen atoms in total. The summed E-state index contributed by atoms with van der Waals surface area (Å²) in [5, 5.41) is 5.62. The van der Waals surface area contributed by atoms with Crippen LogP contribution in [0, 0.1) is 0 Å². The molecule has 2 aromatic rings. The Labute approximate surface area is 161 Å². The molecule has 0 aromatic carbocycles. The van der Waals surface area contributed by atoms with Crippen LogP contribution in [0.3, 0.4) is 0 Å². The average Bonchev–Trinajstić information content (AvgIpc) is 3.25. The Balaban J connectivity index is 1.68. The first kappa shape index (κ1) is 17.7. The summed E-state index contributed by atoms with van der Waals surface area (Å²) >= 11 is 3.00. The zero-order valence-corrected chi connectivity index (χ0v) is 16.2. The van der Waals surface area contributed by atoms with Crippen LogP contribution < -0.4 is 5.32 Å². The highest BCUT2D eigenvalue weighted by molar-refractivity contribution is 7.17. The quantitative estimate of drug-likeness (QED) is 0.811. The molecule has 0 radical (unpaired) electrons. The summed E-state index contributed by atoms with van der Waals surface area (Å²) in [6, 6.07) is 3.67. The van der Waals surface area contributed by atoms with Gasteiger partial charge in [-0.1, -0.05) is 12.5 Å². The van der Waals surface area contributed by atoms with E-state index in [0.29, 0.717) is 36.2 Å². The lowest BCUT2D eigenvalue weighted by atomic mass is 10.0. The minimum Gasteiger partial charge on any atom is -0.378 e. The van der Waals surface area contributed by atoms with Gasteiger partial charge in [0.15, 0.2) is 0 Å². The van der Waals surface area contributed by atoms with Gasteiger partial charge in [-0.3, -0.25) is 9.59 Å². The van der Waals surface area contributed by atoms with Crippen LogP contribution >= 0.6 is 22.7 Å². The molecule has 0 atom stereocenters. The zero-order valence-electron chi connectivity index (χ0n) is 14.6. The summed E-state index contributed by atoms with van der Waals surface area (Å²) in [6.07, 6.45) is 5.37. The first-order chi connectivity index (χ1) is 12.7. The molecular formula is C19H22N2O3S2. The molecule has 2 amide bonds. The van der Waals surface area contributed by atoms with Crippen molar-refractivity contribution in [2.45, 2.75) is 32.1 Å². The number of hydrogen-bond acceptors (Lipinski definition) is 5. The molecule has 1 aliphatic heterocycles. The molecule has 1 aliphatic carbocycles. The molecule has 7 heteroatoms. The molecular weight excluding hydrogens is 368 g/mol. The fourth-order valence-corrected chi connectivity index (χ4v) is 5.45. The molecule has 2 aliphatic rings. The lowest BCUT2D eigenvalue weighted by Crippen LogP contribution is -2.41. The maximum atomic E-state index is 13.3. The van der Waals surface area contributed by atoms with Crippen LogP contribution in [0.5, 0.6) is 0 Å². The Morgan fingerprint density at radius 1 is 1.12 bits per heavy atom. The van der Waals surface area contributed by atoms with E-state index in [0.717, 1.165) is 36.8 Å². The molecule has 1 N–H and O–H groups in total. The van der Waals surface area contributed by atoms with E-state index in [4.69, 9.17) is 4.74 Å². The van der Waals surface area contributed by atoms with Crippen LogP contribution in [0.15, 0.2) is 17.5 Å². The third kappa shape index (κ3) is 3.56. The Kier molecular flexibility index (Phi) is 5.38. The van der Waals surface area contributed by atoms with E-state index in [1.54, 1.807) is 11.3 Å². The molecule has 2 aromatic heterocycles. The van der Waals surface area contributed by atoms with Crippen molar-refractivity contribution < 1.29 is 14.3 Å². The van der Waals surface area contributed by atoms with E-state index in [1.165, 1.54) is 22.6 Å². The van der Waals surface area contributed by atoms with Crippen molar-refractivity contribution in [1.82, 2.24) is 4.90 Å². The van der Waals surface area contributed by atoms with Gasteiger partial charge in [-0.25, -0.2) is 0 Å². The summed E-state index contributed by atoms with van der Waals surface area (Å²) in [5.74, 6) is -0.0957. The van der Waals surface area contributed by atoms with E-state index < -0.39 is 0 Å². The summed E-state index contributed by atoms with van der Waals surface area (Å²) in [6.45, 7) is 2.38. The molecule has 0 unspecified atom stereocenters. The number of amides is 2. The van der Waals surface area contributed by atoms with Crippen LogP contribution in [-0.2, 0) is 17.6 Å². The summed E-state index contributed by atoms with van der Waals surface area (Å²) in [5.41, 5.74) is 1.88. The number of hydrogen-bond donors (Lipinski definition) is 1. The SMILES string of the molecule is O=C(Nc1sc2c(c1C(=O)N1CCOCC1)CCCCC2)c1cccs1. The molecule has 1 saturated heterocycles. The fraction of sp³-hybridized carbons (Fsp3) is 0.474. The van der Waals surface area contributed by atoms with Crippen molar-refractivity contribution in [3.63, 3.8) is 0 Å². The number of rotatable bonds is 3. The van der Waals surface area contributed by atoms with E-state index in [9.17, 15) is 9.59 Å². The highest BCUT2D eigenvalue weighted by Crippen LogP contribution is 2.38. The monoisotopic (exact) mass is 390 g/mol. The number of fused-ring (bicyclic) bond motifs is 1. The number of carbonyl (C=O) groups is 2. The van der Waals surface area contributed by atoms with Gasteiger partial charge in [0.05, 0.1) is 23.7 Å². The Bertz CT molecular complexity index is 792. The van der Waals surface area contributed by atoms with Gasteiger partial charge in [-0.15, -0.1) is 22.7 Å². The molecule has 26 heavy (non-hydrogen) atoms. The highest BCUT2D eigenvalue weighted by Gasteiger charge is 2.29. The third-order valence-corrected chi connectivity index (χ3v) is 6.98. The number of thiophene rings is 2. The van der Waals surface area contributed by atoms with Gasteiger partial charge in [0.25, 0.3) is 11.8 Å². The minimum atomic E-state index is -0.132. The van der Waals surface area contributed by atoms with Gasteiger partial charge in [0.1, 0.15) is 5.00 Å². The van der Waals surface area contributed by atoms with Gasteiger partial charge in [-0.05, 0) is 42.7 Å². The second-order valence-corrected chi connectivity index (χ2v) is 8.66. The smallest absolute Gasteiger partial charge is 0.266 e. The normalized spacial score (nSPS) is 17.5. The van der Waals surface area contributed by atoms with Crippen LogP contribution in [0.4, 0.5) is 5.00 Å². The fourth-order valence-electron chi connectivity index (χ4n) is 3.55. The zero-order chi connectivity index (χ0) is 17.9. The summed E-state index contributed by atoms with van der Waals surface area (Å²) < 4.78 is 5.38. The number of nitrogens with one attached hydrogen (secondary N) is 1. The van der Waals surface area contributed by atoms with Crippen molar-refractivity contribution in [2.75, 3.05) is 31.6 Å². The average molecular weight is 391 g/mol. The van der Waals surface area contributed by atoms with E-state index in [2.05, 4.69) is 5.32 Å². The standard InChI is InChI=1S/C19H22N2O3S2/c22-17(15-7-4-12-25-15)20-18-16(19(23)21-8-10-24-11-9-21)13-5-2-1-3-6-14(13)26-18/h4,7,12H,1-3,5-6,8-11H2,(H,20,22). The van der Waals surface area contributed by atoms with Crippen LogP contribution in [-0.4, -0.2) is 43.0 Å². The van der Waals surface area contributed by atoms with Gasteiger partial charge in [0.2, 0.25) is 0 Å². The molecule has 1 fully saturated rings. The highest BCUT2D eigenvalue weighted by atomic mass is 32.1. The molecule has 4 rings (SSSR count). The number of ether oxygens (including phenoxy) is 1. The molecule has 0 spiro atoms. The second-order valence-electron chi connectivity index (χ2n) is 6.60. The number of carbonyl (C=O) groups excluding carboxylic acids is 2. The Morgan fingerprint density at radius 2 is 1.92 bits per heavy atom. The van der Waals surface area contributed by atoms with Crippen molar-refractivity contribution in [2.24, 2.45) is 0 Å². The predicted octanol–water partition coefficient (Wildman–Crippen LogP) is 3.80. The third-order valence-electron chi connectivity index (χ3n) is 4.91. The predicted molar refractivity (Wildman–Crippen MR) is 105 cm³/mol. The van der Waals surface area contributed by atoms with Gasteiger partial charge in [0, 0.05) is 18.0 Å². The first-order valence-corrected chi connectivity index (χ1v) is 10.8. The van der Waals surface area contributed by atoms with Crippen molar-refractivity contribution in [3.8, 4) is 0 Å². The van der Waals surface area contributed by atoms with E-state index in [1.807, 2.05) is 22.4 Å². The molecule has 138 valence electrons. The maximum Gasteiger partial charge on any atom is 0.266 e. The van der Waals surface area contributed by atoms with E-state index in [-0.39, 0.29) is 11.8 Å². The van der Waals surface area contributed by atoms with Crippen LogP contribution in [0.2, 0.25) is 0 Å². The lowest BCUT2D eigenvalue weighted by Gasteiger charge is -2.27. The Hall–Kier alpha value is -1.70. The van der Waals surface area contributed by atoms with Crippen molar-refractivity contribution in [1.29, 1.82) is 0 Å². The van der Waals surface area contributed by atoms with Crippen LogP contribution in [0.25, 0.3) is 0 Å². The van der Waals surface area contributed by atoms with Crippen molar-refractivity contribution >= 4 is 39.5 Å². The topological polar surface area (TPSA) is 58.6 Å².